The van der Waals surface area contributed by atoms with E-state index in [1.165, 1.54) is 67.6 Å². The first-order valence-electron chi connectivity index (χ1n) is 17.4. The fourth-order valence-corrected chi connectivity index (χ4v) is 4.38. The summed E-state index contributed by atoms with van der Waals surface area (Å²) in [4.78, 5) is 69.6. The summed E-state index contributed by atoms with van der Waals surface area (Å²) >= 11 is 0. The lowest BCUT2D eigenvalue weighted by Crippen LogP contribution is -2.12. The molecule has 0 fully saturated rings. The zero-order valence-corrected chi connectivity index (χ0v) is 31.9. The number of anilines is 4. The van der Waals surface area contributed by atoms with Gasteiger partial charge in [0.1, 0.15) is 37.9 Å². The van der Waals surface area contributed by atoms with Crippen LogP contribution in [-0.2, 0) is 38.1 Å². The molecule has 306 valence electrons. The molecule has 0 aliphatic rings. The van der Waals surface area contributed by atoms with Gasteiger partial charge in [-0.3, -0.25) is 0 Å². The van der Waals surface area contributed by atoms with Crippen LogP contribution >= 0.6 is 0 Å². The molecular formula is C43H42N4O12. The van der Waals surface area contributed by atoms with Crippen LogP contribution in [0.4, 0.5) is 22.7 Å². The lowest BCUT2D eigenvalue weighted by molar-refractivity contribution is -0.146. The first kappa shape index (κ1) is 45.3. The van der Waals surface area contributed by atoms with Gasteiger partial charge < -0.3 is 51.4 Å². The van der Waals surface area contributed by atoms with Gasteiger partial charge >= 0.3 is 35.8 Å². The summed E-state index contributed by atoms with van der Waals surface area (Å²) in [5.41, 5.74) is 26.3. The maximum Gasteiger partial charge on any atom is 0.343 e. The van der Waals surface area contributed by atoms with Gasteiger partial charge in [-0.25, -0.2) is 28.8 Å². The van der Waals surface area contributed by atoms with E-state index in [-0.39, 0.29) is 43.1 Å². The summed E-state index contributed by atoms with van der Waals surface area (Å²) < 4.78 is 29.8. The van der Waals surface area contributed by atoms with Crippen molar-refractivity contribution in [3.05, 3.63) is 144 Å². The van der Waals surface area contributed by atoms with Gasteiger partial charge in [-0.05, 0) is 90.9 Å². The molecule has 0 amide bonds. The maximum absolute atomic E-state index is 12.2. The fourth-order valence-electron chi connectivity index (χ4n) is 4.38. The van der Waals surface area contributed by atoms with Crippen molar-refractivity contribution in [2.75, 3.05) is 49.4 Å². The van der Waals surface area contributed by atoms with Crippen molar-refractivity contribution in [3.8, 4) is 11.5 Å². The van der Waals surface area contributed by atoms with Gasteiger partial charge in [-0.2, -0.15) is 0 Å². The van der Waals surface area contributed by atoms with Crippen LogP contribution in [-0.4, -0.2) is 62.2 Å². The topological polar surface area (TPSA) is 262 Å². The molecule has 4 aromatic rings. The Morgan fingerprint density at radius 1 is 0.525 bits per heavy atom. The van der Waals surface area contributed by atoms with Crippen molar-refractivity contribution >= 4 is 70.7 Å². The average Bonchev–Trinajstić information content (AvgIpc) is 3.19. The Balaban J connectivity index is 0.000000316. The van der Waals surface area contributed by atoms with Gasteiger partial charge in [0.15, 0.2) is 0 Å². The van der Waals surface area contributed by atoms with Crippen LogP contribution in [0.5, 0.6) is 11.5 Å². The number of benzene rings is 4. The van der Waals surface area contributed by atoms with Crippen molar-refractivity contribution in [2.45, 2.75) is 6.92 Å². The molecule has 0 spiro atoms. The number of ether oxygens (including phenoxy) is 6. The number of carbonyl (C=O) groups excluding carboxylic acids is 6. The molecule has 0 saturated carbocycles. The number of hydrogen-bond acceptors (Lipinski definition) is 16. The van der Waals surface area contributed by atoms with Gasteiger partial charge in [0.05, 0.1) is 11.1 Å². The van der Waals surface area contributed by atoms with E-state index in [4.69, 9.17) is 46.6 Å². The molecule has 0 heterocycles. The Morgan fingerprint density at radius 2 is 0.864 bits per heavy atom. The molecule has 0 aliphatic carbocycles. The highest BCUT2D eigenvalue weighted by Gasteiger charge is 2.12. The number of rotatable bonds is 16. The molecule has 0 bridgehead atoms. The first-order chi connectivity index (χ1) is 28.1. The van der Waals surface area contributed by atoms with E-state index in [0.717, 1.165) is 6.08 Å². The van der Waals surface area contributed by atoms with E-state index in [1.807, 2.05) is 0 Å². The van der Waals surface area contributed by atoms with Crippen LogP contribution in [0, 0.1) is 0 Å². The zero-order valence-electron chi connectivity index (χ0n) is 31.9. The van der Waals surface area contributed by atoms with E-state index in [9.17, 15) is 28.8 Å². The summed E-state index contributed by atoms with van der Waals surface area (Å²) in [6, 6.07) is 21.9. The molecule has 4 rings (SSSR count). The molecule has 0 aliphatic heterocycles. The predicted octanol–water partition coefficient (Wildman–Crippen LogP) is 5.10. The summed E-state index contributed by atoms with van der Waals surface area (Å²) in [6.07, 6.45) is 6.55. The van der Waals surface area contributed by atoms with E-state index in [1.54, 1.807) is 48.5 Å². The minimum absolute atomic E-state index is 0.0515. The fraction of sp³-hybridized carbons (Fsp3) is 0.116. The van der Waals surface area contributed by atoms with Crippen molar-refractivity contribution in [1.29, 1.82) is 0 Å². The van der Waals surface area contributed by atoms with E-state index in [0.29, 0.717) is 45.4 Å². The van der Waals surface area contributed by atoms with Crippen molar-refractivity contribution in [3.63, 3.8) is 0 Å². The van der Waals surface area contributed by atoms with Gasteiger partial charge in [0, 0.05) is 46.6 Å². The molecule has 59 heavy (non-hydrogen) atoms. The second-order valence-electron chi connectivity index (χ2n) is 12.0. The minimum Gasteiger partial charge on any atom is -0.459 e. The number of nitrogen functional groups attached to an aromatic ring is 4. The second-order valence-corrected chi connectivity index (χ2v) is 12.0. The summed E-state index contributed by atoms with van der Waals surface area (Å²) in [6.45, 7) is 7.99. The number of nitrogens with two attached hydrogens (primary N) is 4. The maximum atomic E-state index is 12.2. The predicted molar refractivity (Wildman–Crippen MR) is 220 cm³/mol. The van der Waals surface area contributed by atoms with E-state index >= 15 is 0 Å². The Morgan fingerprint density at radius 3 is 1.20 bits per heavy atom. The second kappa shape index (κ2) is 23.1. The Bertz CT molecular complexity index is 2190. The third kappa shape index (κ3) is 17.0. The van der Waals surface area contributed by atoms with Crippen LogP contribution < -0.4 is 32.4 Å². The summed E-state index contributed by atoms with van der Waals surface area (Å²) in [7, 11) is 0. The standard InChI is InChI=1S/C22H22N2O6.C21H20N2O6/c1-14(2)21(26)29-10-9-28-20(25)8-5-15-3-6-19(7-4-15)30-22(27)16-11-17(23)13-18(24)12-16;1-2-19(24)27-9-10-28-20(25)8-5-14-3-6-18(7-4-14)29-21(26)15-11-16(22)13-17(23)12-15/h3-8,11-13H,1,9-10,23-24H2,2H3;2-8,11-13H,1,9-10,22-23H2/b2*8-5+. The smallest absolute Gasteiger partial charge is 0.343 e. The van der Waals surface area contributed by atoms with Gasteiger partial charge in [0.25, 0.3) is 0 Å². The molecule has 16 nitrogen and oxygen atoms in total. The largest absolute Gasteiger partial charge is 0.459 e. The molecule has 16 heteroatoms. The monoisotopic (exact) mass is 806 g/mol. The van der Waals surface area contributed by atoms with E-state index < -0.39 is 35.8 Å². The van der Waals surface area contributed by atoms with Crippen LogP contribution in [0.1, 0.15) is 38.8 Å². The van der Waals surface area contributed by atoms with Gasteiger partial charge in [0.2, 0.25) is 0 Å². The molecule has 4 aromatic carbocycles. The zero-order chi connectivity index (χ0) is 43.3. The van der Waals surface area contributed by atoms with Gasteiger partial charge in [-0.15, -0.1) is 0 Å². The minimum atomic E-state index is -0.590. The third-order valence-corrected chi connectivity index (χ3v) is 7.08. The molecular weight excluding hydrogens is 764 g/mol. The number of carbonyl (C=O) groups is 6. The molecule has 0 aromatic heterocycles. The molecule has 0 saturated heterocycles. The highest BCUT2D eigenvalue weighted by atomic mass is 16.6. The number of esters is 6. The lowest BCUT2D eigenvalue weighted by Gasteiger charge is -2.06. The third-order valence-electron chi connectivity index (χ3n) is 7.08. The van der Waals surface area contributed by atoms with Crippen LogP contribution in [0.3, 0.4) is 0 Å². The Labute approximate surface area is 339 Å². The van der Waals surface area contributed by atoms with E-state index in [2.05, 4.69) is 17.9 Å². The quantitative estimate of drug-likeness (QED) is 0.0286. The van der Waals surface area contributed by atoms with Crippen LogP contribution in [0.25, 0.3) is 12.2 Å². The number of hydrogen-bond donors (Lipinski definition) is 4. The molecule has 8 N–H and O–H groups in total. The highest BCUT2D eigenvalue weighted by molar-refractivity contribution is 5.94. The van der Waals surface area contributed by atoms with Crippen molar-refractivity contribution in [1.82, 2.24) is 0 Å². The molecule has 0 radical (unpaired) electrons. The Kier molecular flexibility index (Phi) is 17.7. The SMILES string of the molecule is C=C(C)C(=O)OCCOC(=O)/C=C/c1ccc(OC(=O)c2cc(N)cc(N)c2)cc1.C=CC(=O)OCCOC(=O)/C=C/c1ccc(OC(=O)c2cc(N)cc(N)c2)cc1. The van der Waals surface area contributed by atoms with Crippen LogP contribution in [0.15, 0.2) is 122 Å². The summed E-state index contributed by atoms with van der Waals surface area (Å²) in [5.74, 6) is -2.84. The van der Waals surface area contributed by atoms with Crippen molar-refractivity contribution in [2.24, 2.45) is 0 Å². The molecule has 0 unspecified atom stereocenters. The first-order valence-corrected chi connectivity index (χ1v) is 17.4. The summed E-state index contributed by atoms with van der Waals surface area (Å²) in [5, 5.41) is 0. The Hall–Kier alpha value is -8.14. The average molecular weight is 807 g/mol. The lowest BCUT2D eigenvalue weighted by atomic mass is 10.1. The highest BCUT2D eigenvalue weighted by Crippen LogP contribution is 2.20. The normalized spacial score (nSPS) is 10.4. The van der Waals surface area contributed by atoms with Crippen molar-refractivity contribution < 1.29 is 57.2 Å². The van der Waals surface area contributed by atoms with Gasteiger partial charge in [-0.1, -0.05) is 37.4 Å². The molecule has 0 atom stereocenters. The van der Waals surface area contributed by atoms with Crippen LogP contribution in [0.2, 0.25) is 0 Å².